The van der Waals surface area contributed by atoms with E-state index in [-0.39, 0.29) is 5.56 Å². The fraction of sp³-hybridized carbons (Fsp3) is 0.214. The smallest absolute Gasteiger partial charge is 0.253 e. The van der Waals surface area contributed by atoms with Gasteiger partial charge in [-0.2, -0.15) is 0 Å². The topological polar surface area (TPSA) is 88.9 Å². The third-order valence-corrected chi connectivity index (χ3v) is 6.88. The summed E-state index contributed by atoms with van der Waals surface area (Å²) in [6.07, 6.45) is 0.898. The molecule has 0 radical (unpaired) electrons. The Bertz CT molecular complexity index is 1580. The van der Waals surface area contributed by atoms with Crippen molar-refractivity contribution in [2.45, 2.75) is 25.6 Å². The summed E-state index contributed by atoms with van der Waals surface area (Å²) in [5.74, 6) is 1.35. The first kappa shape index (κ1) is 22.2. The van der Waals surface area contributed by atoms with E-state index in [1.165, 1.54) is 11.1 Å². The maximum Gasteiger partial charge on any atom is 0.253 e. The van der Waals surface area contributed by atoms with E-state index < -0.39 is 6.04 Å². The molecule has 36 heavy (non-hydrogen) atoms. The average molecular weight is 479 g/mol. The zero-order chi connectivity index (χ0) is 24.5. The molecule has 8 nitrogen and oxygen atoms in total. The number of hydrogen-bond donors (Lipinski definition) is 1. The van der Waals surface area contributed by atoms with Crippen LogP contribution in [0, 0.1) is 0 Å². The number of ether oxygens (including phenoxy) is 1. The number of pyridine rings is 1. The molecule has 180 valence electrons. The first-order valence-electron chi connectivity index (χ1n) is 12.0. The number of nitrogens with zero attached hydrogens (tertiary/aromatic N) is 5. The number of fused-ring (bicyclic) bond motifs is 2. The molecule has 0 aliphatic carbocycles. The number of methoxy groups -OCH3 is 1. The molecule has 0 saturated carbocycles. The van der Waals surface area contributed by atoms with Crippen molar-refractivity contribution in [1.29, 1.82) is 0 Å². The zero-order valence-electron chi connectivity index (χ0n) is 20.0. The van der Waals surface area contributed by atoms with Gasteiger partial charge in [-0.1, -0.05) is 54.6 Å². The Balaban J connectivity index is 1.47. The van der Waals surface area contributed by atoms with E-state index in [0.29, 0.717) is 30.2 Å². The van der Waals surface area contributed by atoms with E-state index >= 15 is 0 Å². The Morgan fingerprint density at radius 1 is 1.00 bits per heavy atom. The second-order valence-corrected chi connectivity index (χ2v) is 9.08. The second-order valence-electron chi connectivity index (χ2n) is 9.08. The molecule has 0 fully saturated rings. The first-order valence-corrected chi connectivity index (χ1v) is 12.0. The van der Waals surface area contributed by atoms with Crippen LogP contribution in [0.2, 0.25) is 0 Å². The molecule has 0 bridgehead atoms. The van der Waals surface area contributed by atoms with Crippen LogP contribution in [0.4, 0.5) is 0 Å². The fourth-order valence-electron chi connectivity index (χ4n) is 5.04. The summed E-state index contributed by atoms with van der Waals surface area (Å²) >= 11 is 0. The molecule has 1 N–H and O–H groups in total. The number of nitrogens with one attached hydrogen (secondary N) is 1. The summed E-state index contributed by atoms with van der Waals surface area (Å²) in [5.41, 5.74) is 4.89. The molecule has 0 unspecified atom stereocenters. The van der Waals surface area contributed by atoms with Crippen LogP contribution >= 0.6 is 0 Å². The number of rotatable bonds is 6. The molecule has 0 spiro atoms. The second kappa shape index (κ2) is 9.39. The van der Waals surface area contributed by atoms with Gasteiger partial charge in [-0.05, 0) is 57.1 Å². The molecule has 1 atom stereocenters. The van der Waals surface area contributed by atoms with Crippen molar-refractivity contribution in [1.82, 2.24) is 30.1 Å². The Morgan fingerprint density at radius 3 is 2.64 bits per heavy atom. The van der Waals surface area contributed by atoms with Crippen molar-refractivity contribution >= 4 is 10.9 Å². The van der Waals surface area contributed by atoms with E-state index in [2.05, 4.69) is 49.7 Å². The van der Waals surface area contributed by atoms with Gasteiger partial charge in [0.2, 0.25) is 0 Å². The summed E-state index contributed by atoms with van der Waals surface area (Å²) in [4.78, 5) is 18.9. The lowest BCUT2D eigenvalue weighted by molar-refractivity contribution is 0.194. The van der Waals surface area contributed by atoms with Crippen LogP contribution in [0.5, 0.6) is 5.75 Å². The van der Waals surface area contributed by atoms with E-state index in [9.17, 15) is 4.79 Å². The van der Waals surface area contributed by atoms with Gasteiger partial charge < -0.3 is 9.72 Å². The van der Waals surface area contributed by atoms with Crippen molar-refractivity contribution < 1.29 is 4.74 Å². The molecule has 8 heteroatoms. The van der Waals surface area contributed by atoms with Crippen molar-refractivity contribution in [3.05, 3.63) is 117 Å². The number of tetrazole rings is 1. The van der Waals surface area contributed by atoms with Crippen LogP contribution in [-0.2, 0) is 19.5 Å². The van der Waals surface area contributed by atoms with Gasteiger partial charge in [-0.3, -0.25) is 9.69 Å². The van der Waals surface area contributed by atoms with E-state index in [1.807, 2.05) is 54.6 Å². The summed E-state index contributed by atoms with van der Waals surface area (Å²) in [7, 11) is 1.62. The van der Waals surface area contributed by atoms with Crippen LogP contribution in [0.1, 0.15) is 34.1 Å². The van der Waals surface area contributed by atoms with Gasteiger partial charge in [0.25, 0.3) is 5.56 Å². The lowest BCUT2D eigenvalue weighted by Gasteiger charge is -2.34. The third-order valence-electron chi connectivity index (χ3n) is 6.88. The molecule has 5 aromatic rings. The van der Waals surface area contributed by atoms with Crippen molar-refractivity contribution in [3.8, 4) is 5.75 Å². The third kappa shape index (κ3) is 4.16. The van der Waals surface area contributed by atoms with Gasteiger partial charge in [0.1, 0.15) is 11.8 Å². The number of aromatic amines is 1. The Hall–Kier alpha value is -4.30. The van der Waals surface area contributed by atoms with Gasteiger partial charge in [0.05, 0.1) is 19.2 Å². The monoisotopic (exact) mass is 478 g/mol. The lowest BCUT2D eigenvalue weighted by Crippen LogP contribution is -2.38. The van der Waals surface area contributed by atoms with Crippen molar-refractivity contribution in [2.75, 3.05) is 13.7 Å². The summed E-state index contributed by atoms with van der Waals surface area (Å²) in [6.45, 7) is 2.02. The highest BCUT2D eigenvalue weighted by molar-refractivity contribution is 5.80. The minimum absolute atomic E-state index is 0.158. The summed E-state index contributed by atoms with van der Waals surface area (Å²) in [5, 5.41) is 13.7. The molecule has 6 rings (SSSR count). The van der Waals surface area contributed by atoms with Crippen LogP contribution in [0.3, 0.4) is 0 Å². The van der Waals surface area contributed by atoms with Crippen LogP contribution in [-0.4, -0.2) is 43.7 Å². The van der Waals surface area contributed by atoms with Crippen LogP contribution < -0.4 is 10.3 Å². The summed E-state index contributed by atoms with van der Waals surface area (Å²) < 4.78 is 7.14. The highest BCUT2D eigenvalue weighted by atomic mass is 16.5. The number of H-pyrrole nitrogens is 1. The normalized spacial score (nSPS) is 14.5. The molecule has 0 amide bonds. The molecular weight excluding hydrogens is 452 g/mol. The maximum atomic E-state index is 13.5. The first-order chi connectivity index (χ1) is 17.7. The largest absolute Gasteiger partial charge is 0.497 e. The van der Waals surface area contributed by atoms with Gasteiger partial charge in [0, 0.05) is 24.7 Å². The van der Waals surface area contributed by atoms with E-state index in [4.69, 9.17) is 4.74 Å². The molecule has 2 aromatic heterocycles. The fourth-order valence-corrected chi connectivity index (χ4v) is 5.04. The predicted octanol–water partition coefficient (Wildman–Crippen LogP) is 3.72. The molecular formula is C28H26N6O2. The molecule has 1 aliphatic rings. The SMILES string of the molecule is COc1ccc2cc([C@@H](c3nnnn3Cc3ccccc3)N3CCc4ccccc4C3)c(=O)[nH]c2c1. The van der Waals surface area contributed by atoms with Crippen molar-refractivity contribution in [3.63, 3.8) is 0 Å². The minimum Gasteiger partial charge on any atom is -0.497 e. The maximum absolute atomic E-state index is 13.5. The van der Waals surface area contributed by atoms with Gasteiger partial charge in [-0.15, -0.1) is 5.10 Å². The minimum atomic E-state index is -0.410. The number of aromatic nitrogens is 5. The number of hydrogen-bond acceptors (Lipinski definition) is 6. The highest BCUT2D eigenvalue weighted by Crippen LogP contribution is 2.32. The molecule has 3 heterocycles. The van der Waals surface area contributed by atoms with E-state index in [1.54, 1.807) is 11.8 Å². The van der Waals surface area contributed by atoms with Crippen LogP contribution in [0.25, 0.3) is 10.9 Å². The van der Waals surface area contributed by atoms with Gasteiger partial charge >= 0.3 is 0 Å². The van der Waals surface area contributed by atoms with Crippen molar-refractivity contribution in [2.24, 2.45) is 0 Å². The van der Waals surface area contributed by atoms with Gasteiger partial charge in [-0.25, -0.2) is 4.68 Å². The van der Waals surface area contributed by atoms with Crippen LogP contribution in [0.15, 0.2) is 83.7 Å². The van der Waals surface area contributed by atoms with Gasteiger partial charge in [0.15, 0.2) is 5.82 Å². The lowest BCUT2D eigenvalue weighted by atomic mass is 9.96. The molecule has 3 aromatic carbocycles. The standard InChI is InChI=1S/C28H26N6O2/c1-36-23-12-11-21-15-24(28(35)29-25(21)16-23)26(33-14-13-20-9-5-6-10-22(20)18-33)27-30-31-32-34(27)17-19-7-3-2-4-8-19/h2-12,15-16,26H,13-14,17-18H2,1H3,(H,29,35)/t26-/m0/s1. The quantitative estimate of drug-likeness (QED) is 0.400. The summed E-state index contributed by atoms with van der Waals surface area (Å²) in [6, 6.07) is 25.8. The Kier molecular flexibility index (Phi) is 5.79. The predicted molar refractivity (Wildman–Crippen MR) is 137 cm³/mol. The van der Waals surface area contributed by atoms with E-state index in [0.717, 1.165) is 29.4 Å². The number of benzene rings is 3. The highest BCUT2D eigenvalue weighted by Gasteiger charge is 2.32. The molecule has 0 saturated heterocycles. The molecule has 1 aliphatic heterocycles. The Labute approximate surface area is 208 Å². The zero-order valence-corrected chi connectivity index (χ0v) is 20.0. The Morgan fingerprint density at radius 2 is 1.81 bits per heavy atom. The average Bonchev–Trinajstić information content (AvgIpc) is 3.36.